The van der Waals surface area contributed by atoms with Crippen LogP contribution in [0.15, 0.2) is 18.2 Å². The lowest BCUT2D eigenvalue weighted by Gasteiger charge is -2.69. The Balaban J connectivity index is 1.19. The van der Waals surface area contributed by atoms with Crippen LogP contribution >= 0.6 is 0 Å². The number of hydrogen-bond donors (Lipinski definition) is 3. The van der Waals surface area contributed by atoms with Crippen LogP contribution in [0, 0.1) is 30.0 Å². The molecular weight excluding hydrogens is 373 g/mol. The van der Waals surface area contributed by atoms with Crippen LogP contribution in [-0.4, -0.2) is 43.6 Å². The standard InChI is InChI=1S/C22H30FN3O3/c1-14-5-6-24-8-16(14)9-25-20(28)21-11-22(12-21,13-21)26-19(27)10-29-17-4-3-15(2)18(23)7-17/h3-4,7,14,16,24H,5-6,8-13H2,1-2H3,(H,25,28)(H,26,27). The first-order valence-electron chi connectivity index (χ1n) is 10.5. The predicted molar refractivity (Wildman–Crippen MR) is 107 cm³/mol. The molecule has 1 heterocycles. The Morgan fingerprint density at radius 2 is 2.07 bits per heavy atom. The number of carbonyl (C=O) groups is 2. The number of carbonyl (C=O) groups excluding carboxylic acids is 2. The van der Waals surface area contributed by atoms with Crippen LogP contribution in [0.2, 0.25) is 0 Å². The summed E-state index contributed by atoms with van der Waals surface area (Å²) in [6.45, 7) is 6.49. The third-order valence-electron chi connectivity index (χ3n) is 6.94. The number of aryl methyl sites for hydroxylation is 1. The molecule has 2 atom stereocenters. The topological polar surface area (TPSA) is 79.5 Å². The van der Waals surface area contributed by atoms with Gasteiger partial charge < -0.3 is 20.7 Å². The van der Waals surface area contributed by atoms with Crippen LogP contribution in [0.1, 0.15) is 38.2 Å². The van der Waals surface area contributed by atoms with E-state index < -0.39 is 0 Å². The lowest BCUT2D eigenvalue weighted by atomic mass is 9.39. The molecule has 5 rings (SSSR count). The van der Waals surface area contributed by atoms with Crippen LogP contribution in [0.3, 0.4) is 0 Å². The van der Waals surface area contributed by atoms with Crippen molar-refractivity contribution in [2.75, 3.05) is 26.2 Å². The predicted octanol–water partition coefficient (Wildman–Crippen LogP) is 1.91. The minimum absolute atomic E-state index is 0.123. The smallest absolute Gasteiger partial charge is 0.258 e. The first-order chi connectivity index (χ1) is 13.8. The molecule has 1 saturated heterocycles. The van der Waals surface area contributed by atoms with Gasteiger partial charge in [-0.2, -0.15) is 0 Å². The zero-order chi connectivity index (χ0) is 20.6. The minimum Gasteiger partial charge on any atom is -0.484 e. The maximum absolute atomic E-state index is 13.5. The van der Waals surface area contributed by atoms with E-state index in [9.17, 15) is 14.0 Å². The number of piperidine rings is 1. The molecule has 0 radical (unpaired) electrons. The molecule has 4 fully saturated rings. The number of ether oxygens (including phenoxy) is 1. The van der Waals surface area contributed by atoms with Gasteiger partial charge in [0, 0.05) is 18.2 Å². The Kier molecular flexibility index (Phi) is 5.27. The molecule has 3 aliphatic carbocycles. The maximum Gasteiger partial charge on any atom is 0.258 e. The molecule has 2 amide bonds. The Morgan fingerprint density at radius 3 is 2.76 bits per heavy atom. The van der Waals surface area contributed by atoms with Gasteiger partial charge >= 0.3 is 0 Å². The summed E-state index contributed by atoms with van der Waals surface area (Å²) < 4.78 is 18.9. The highest BCUT2D eigenvalue weighted by molar-refractivity contribution is 5.88. The van der Waals surface area contributed by atoms with Crippen LogP contribution in [0.5, 0.6) is 5.75 Å². The fourth-order valence-corrected chi connectivity index (χ4v) is 5.04. The third kappa shape index (κ3) is 3.97. The Bertz CT molecular complexity index is 793. The second kappa shape index (κ2) is 7.59. The van der Waals surface area contributed by atoms with E-state index in [-0.39, 0.29) is 35.2 Å². The van der Waals surface area contributed by atoms with Crippen LogP contribution in [0.4, 0.5) is 4.39 Å². The van der Waals surface area contributed by atoms with E-state index in [0.29, 0.717) is 42.4 Å². The summed E-state index contributed by atoms with van der Waals surface area (Å²) in [6.07, 6.45) is 3.22. The van der Waals surface area contributed by atoms with Gasteiger partial charge in [0.05, 0.1) is 5.41 Å². The number of benzene rings is 1. The van der Waals surface area contributed by atoms with Gasteiger partial charge in [0.15, 0.2) is 6.61 Å². The van der Waals surface area contributed by atoms with Crippen molar-refractivity contribution < 1.29 is 18.7 Å². The van der Waals surface area contributed by atoms with Crippen molar-refractivity contribution in [3.63, 3.8) is 0 Å². The molecule has 2 bridgehead atoms. The molecule has 0 spiro atoms. The van der Waals surface area contributed by atoms with E-state index in [1.807, 2.05) is 0 Å². The average Bonchev–Trinajstić information content (AvgIpc) is 2.63. The molecule has 3 saturated carbocycles. The van der Waals surface area contributed by atoms with E-state index in [0.717, 1.165) is 26.1 Å². The Labute approximate surface area is 171 Å². The van der Waals surface area contributed by atoms with Crippen molar-refractivity contribution in [3.05, 3.63) is 29.6 Å². The van der Waals surface area contributed by atoms with E-state index in [2.05, 4.69) is 22.9 Å². The Hall–Kier alpha value is -2.15. The van der Waals surface area contributed by atoms with E-state index in [4.69, 9.17) is 4.74 Å². The molecular formula is C22H30FN3O3. The quantitative estimate of drug-likeness (QED) is 0.650. The number of halogens is 1. The molecule has 1 aromatic carbocycles. The zero-order valence-corrected chi connectivity index (χ0v) is 17.1. The number of amides is 2. The molecule has 0 aromatic heterocycles. The fraction of sp³-hybridized carbons (Fsp3) is 0.636. The summed E-state index contributed by atoms with van der Waals surface area (Å²) in [6, 6.07) is 4.55. The molecule has 1 aliphatic heterocycles. The van der Waals surface area contributed by atoms with Crippen LogP contribution in [-0.2, 0) is 9.59 Å². The number of rotatable bonds is 7. The number of hydrogen-bond acceptors (Lipinski definition) is 4. The maximum atomic E-state index is 13.5. The molecule has 1 aromatic rings. The van der Waals surface area contributed by atoms with Gasteiger partial charge in [0.25, 0.3) is 5.91 Å². The highest BCUT2D eigenvalue weighted by Gasteiger charge is 2.72. The molecule has 6 nitrogen and oxygen atoms in total. The van der Waals surface area contributed by atoms with Gasteiger partial charge in [-0.1, -0.05) is 13.0 Å². The van der Waals surface area contributed by atoms with Gasteiger partial charge in [0.1, 0.15) is 11.6 Å². The van der Waals surface area contributed by atoms with Crippen molar-refractivity contribution >= 4 is 11.8 Å². The molecule has 29 heavy (non-hydrogen) atoms. The van der Waals surface area contributed by atoms with Crippen molar-refractivity contribution in [1.82, 2.24) is 16.0 Å². The van der Waals surface area contributed by atoms with E-state index >= 15 is 0 Å². The molecule has 158 valence electrons. The first-order valence-corrected chi connectivity index (χ1v) is 10.5. The van der Waals surface area contributed by atoms with Gasteiger partial charge in [0.2, 0.25) is 5.91 Å². The SMILES string of the molecule is Cc1ccc(OCC(=O)NC23CC(C(=O)NCC4CNCCC4C)(C2)C3)cc1F. The average molecular weight is 403 g/mol. The van der Waals surface area contributed by atoms with Crippen LogP contribution < -0.4 is 20.7 Å². The summed E-state index contributed by atoms with van der Waals surface area (Å²) in [7, 11) is 0. The summed E-state index contributed by atoms with van der Waals surface area (Å²) in [5, 5.41) is 9.53. The van der Waals surface area contributed by atoms with Gasteiger partial charge in [-0.25, -0.2) is 4.39 Å². The van der Waals surface area contributed by atoms with Crippen molar-refractivity contribution in [2.24, 2.45) is 17.3 Å². The molecule has 4 aliphatic rings. The summed E-state index contributed by atoms with van der Waals surface area (Å²) in [5.74, 6) is 0.978. The zero-order valence-electron chi connectivity index (χ0n) is 17.1. The molecule has 2 unspecified atom stereocenters. The second-order valence-corrected chi connectivity index (χ2v) is 9.28. The summed E-state index contributed by atoms with van der Waals surface area (Å²) >= 11 is 0. The second-order valence-electron chi connectivity index (χ2n) is 9.28. The number of nitrogens with one attached hydrogen (secondary N) is 3. The fourth-order valence-electron chi connectivity index (χ4n) is 5.04. The monoisotopic (exact) mass is 403 g/mol. The minimum atomic E-state index is -0.353. The lowest BCUT2D eigenvalue weighted by Crippen LogP contribution is -2.78. The molecule has 7 heteroatoms. The first kappa shape index (κ1) is 20.1. The normalized spacial score (nSPS) is 32.5. The van der Waals surface area contributed by atoms with Crippen LogP contribution in [0.25, 0.3) is 0 Å². The summed E-state index contributed by atoms with van der Waals surface area (Å²) in [5.41, 5.74) is -0.0383. The Morgan fingerprint density at radius 1 is 1.31 bits per heavy atom. The van der Waals surface area contributed by atoms with Gasteiger partial charge in [-0.05, 0) is 69.2 Å². The third-order valence-corrected chi connectivity index (χ3v) is 6.94. The molecule has 3 N–H and O–H groups in total. The van der Waals surface area contributed by atoms with E-state index in [1.165, 1.54) is 6.07 Å². The van der Waals surface area contributed by atoms with E-state index in [1.54, 1.807) is 19.1 Å². The van der Waals surface area contributed by atoms with Crippen molar-refractivity contribution in [1.29, 1.82) is 0 Å². The highest BCUT2D eigenvalue weighted by atomic mass is 19.1. The van der Waals surface area contributed by atoms with Gasteiger partial charge in [-0.3, -0.25) is 9.59 Å². The van der Waals surface area contributed by atoms with Gasteiger partial charge in [-0.15, -0.1) is 0 Å². The highest BCUT2D eigenvalue weighted by Crippen LogP contribution is 2.67. The lowest BCUT2D eigenvalue weighted by molar-refractivity contribution is -0.184. The summed E-state index contributed by atoms with van der Waals surface area (Å²) in [4.78, 5) is 24.8. The van der Waals surface area contributed by atoms with Crippen molar-refractivity contribution in [3.8, 4) is 5.75 Å². The van der Waals surface area contributed by atoms with Crippen molar-refractivity contribution in [2.45, 2.75) is 45.1 Å². The largest absolute Gasteiger partial charge is 0.484 e.